The first-order valence-electron chi connectivity index (χ1n) is 8.91. The van der Waals surface area contributed by atoms with E-state index in [-0.39, 0.29) is 11.9 Å². The number of hydrogen-bond donors (Lipinski definition) is 4. The summed E-state index contributed by atoms with van der Waals surface area (Å²) in [6, 6.07) is 9.04. The number of aromatic amines is 1. The summed E-state index contributed by atoms with van der Waals surface area (Å²) in [7, 11) is 0. The van der Waals surface area contributed by atoms with E-state index in [9.17, 15) is 18.0 Å². The molecule has 5 N–H and O–H groups in total. The zero-order valence-electron chi connectivity index (χ0n) is 16.3. The predicted octanol–water partition coefficient (Wildman–Crippen LogP) is 3.08. The number of carboxylic acids is 1. The van der Waals surface area contributed by atoms with Crippen LogP contribution in [0.15, 0.2) is 42.7 Å². The fraction of sp³-hybridized carbons (Fsp3) is 0.211. The van der Waals surface area contributed by atoms with Crippen LogP contribution < -0.4 is 10.6 Å². The van der Waals surface area contributed by atoms with Crippen molar-refractivity contribution in [3.63, 3.8) is 0 Å². The van der Waals surface area contributed by atoms with E-state index in [1.165, 1.54) is 11.1 Å². The fourth-order valence-electron chi connectivity index (χ4n) is 2.63. The van der Waals surface area contributed by atoms with E-state index < -0.39 is 12.1 Å². The highest BCUT2D eigenvalue weighted by Gasteiger charge is 2.38. The average Bonchev–Trinajstić information content (AvgIpc) is 3.16. The number of aliphatic carboxylic acids is 1. The van der Waals surface area contributed by atoms with Gasteiger partial charge in [-0.25, -0.2) is 9.69 Å². The molecule has 0 atom stereocenters. The number of hydrogen-bond acceptors (Lipinski definition) is 5. The Hall–Kier alpha value is -3.96. The molecule has 0 unspecified atom stereocenters. The van der Waals surface area contributed by atoms with Crippen molar-refractivity contribution in [2.75, 3.05) is 4.90 Å². The number of anilines is 1. The molecule has 3 rings (SSSR count). The maximum absolute atomic E-state index is 12.9. The number of carbonyl (C=O) groups is 2. The molecule has 12 heteroatoms. The number of H-pyrrole nitrogens is 1. The van der Waals surface area contributed by atoms with Gasteiger partial charge >= 0.3 is 12.1 Å². The molecule has 9 nitrogen and oxygen atoms in total. The monoisotopic (exact) mass is 436 g/mol. The molecule has 0 aliphatic heterocycles. The molecular formula is C19H19F3N6O3. The van der Waals surface area contributed by atoms with Crippen LogP contribution >= 0.6 is 0 Å². The third-order valence-corrected chi connectivity index (χ3v) is 3.98. The molecule has 164 valence electrons. The summed E-state index contributed by atoms with van der Waals surface area (Å²) >= 11 is 0. The molecule has 2 heterocycles. The van der Waals surface area contributed by atoms with E-state index in [2.05, 4.69) is 15.2 Å². The van der Waals surface area contributed by atoms with Gasteiger partial charge in [0, 0.05) is 17.3 Å². The molecule has 1 amide bonds. The highest BCUT2D eigenvalue weighted by atomic mass is 19.4. The van der Waals surface area contributed by atoms with Gasteiger partial charge in [0.05, 0.1) is 23.0 Å². The fourth-order valence-corrected chi connectivity index (χ4v) is 2.63. The van der Waals surface area contributed by atoms with Gasteiger partial charge in [0.25, 0.3) is 5.91 Å². The first-order valence-corrected chi connectivity index (χ1v) is 8.91. The number of alkyl halides is 3. The maximum atomic E-state index is 12.9. The normalized spacial score (nSPS) is 10.8. The van der Waals surface area contributed by atoms with E-state index in [4.69, 9.17) is 21.0 Å². The summed E-state index contributed by atoms with van der Waals surface area (Å²) < 4.78 is 31.7. The Balaban J connectivity index is 0.000000423. The van der Waals surface area contributed by atoms with Gasteiger partial charge in [0.1, 0.15) is 0 Å². The summed E-state index contributed by atoms with van der Waals surface area (Å²) in [6.45, 7) is 2.02. The number of aryl methyl sites for hydroxylation is 1. The maximum Gasteiger partial charge on any atom is 0.490 e. The van der Waals surface area contributed by atoms with Crippen molar-refractivity contribution >= 4 is 34.4 Å². The van der Waals surface area contributed by atoms with Crippen LogP contribution in [0.25, 0.3) is 10.9 Å². The lowest BCUT2D eigenvalue weighted by Crippen LogP contribution is -2.41. The Labute approximate surface area is 174 Å². The van der Waals surface area contributed by atoms with Crippen LogP contribution in [-0.2, 0) is 11.2 Å². The molecule has 0 saturated heterocycles. The second-order valence-corrected chi connectivity index (χ2v) is 6.22. The minimum absolute atomic E-state index is 0.341. The predicted molar refractivity (Wildman–Crippen MR) is 107 cm³/mol. The lowest BCUT2D eigenvalue weighted by atomic mass is 10.1. The van der Waals surface area contributed by atoms with E-state index >= 15 is 0 Å². The van der Waals surface area contributed by atoms with Gasteiger partial charge in [-0.2, -0.15) is 18.3 Å². The lowest BCUT2D eigenvalue weighted by molar-refractivity contribution is -0.192. The number of guanidine groups is 1. The van der Waals surface area contributed by atoms with E-state index in [0.717, 1.165) is 23.0 Å². The van der Waals surface area contributed by atoms with Gasteiger partial charge in [0.2, 0.25) is 0 Å². The van der Waals surface area contributed by atoms with Crippen molar-refractivity contribution in [1.82, 2.24) is 15.2 Å². The Morgan fingerprint density at radius 3 is 2.55 bits per heavy atom. The van der Waals surface area contributed by atoms with Crippen molar-refractivity contribution in [2.45, 2.75) is 25.9 Å². The number of nitrogens with zero attached hydrogens (tertiary/aromatic N) is 3. The number of aromatic nitrogens is 3. The standard InChI is InChI=1S/C17H18N6O.C2HF3O2/c1-2-4-15-13(10-21-22-15)16(24)23(17(18)19)12-6-7-14-11(9-12)5-3-8-20-14;3-2(4,5)1(6)7/h3,5-10H,2,4H2,1H3,(H3,18,19)(H,21,22);(H,6,7). The molecule has 0 bridgehead atoms. The van der Waals surface area contributed by atoms with Crippen LogP contribution in [0.1, 0.15) is 29.4 Å². The number of halogens is 3. The second kappa shape index (κ2) is 9.69. The Morgan fingerprint density at radius 2 is 1.97 bits per heavy atom. The van der Waals surface area contributed by atoms with Gasteiger partial charge in [-0.05, 0) is 30.7 Å². The van der Waals surface area contributed by atoms with Crippen LogP contribution in [-0.4, -0.2) is 44.3 Å². The van der Waals surface area contributed by atoms with Crippen LogP contribution in [0.4, 0.5) is 18.9 Å². The van der Waals surface area contributed by atoms with Gasteiger partial charge in [0.15, 0.2) is 5.96 Å². The number of carbonyl (C=O) groups excluding carboxylic acids is 1. The molecule has 0 saturated carbocycles. The number of benzene rings is 1. The zero-order valence-corrected chi connectivity index (χ0v) is 16.3. The third kappa shape index (κ3) is 5.78. The van der Waals surface area contributed by atoms with Crippen LogP contribution in [0, 0.1) is 5.41 Å². The van der Waals surface area contributed by atoms with Gasteiger partial charge < -0.3 is 10.8 Å². The Kier molecular flexibility index (Phi) is 7.29. The quantitative estimate of drug-likeness (QED) is 0.365. The Morgan fingerprint density at radius 1 is 1.29 bits per heavy atom. The smallest absolute Gasteiger partial charge is 0.475 e. The SMILES string of the molecule is CCCc1[nH]ncc1C(=O)N(C(=N)N)c1ccc2ncccc2c1.O=C(O)C(F)(F)F. The molecule has 2 aromatic heterocycles. The summed E-state index contributed by atoms with van der Waals surface area (Å²) in [4.78, 5) is 27.2. The van der Waals surface area contributed by atoms with E-state index in [1.807, 2.05) is 19.1 Å². The molecule has 1 aromatic carbocycles. The second-order valence-electron chi connectivity index (χ2n) is 6.22. The first-order chi connectivity index (χ1) is 14.6. The summed E-state index contributed by atoms with van der Waals surface area (Å²) in [5.74, 6) is -3.47. The molecule has 0 radical (unpaired) electrons. The van der Waals surface area contributed by atoms with Gasteiger partial charge in [-0.15, -0.1) is 0 Å². The summed E-state index contributed by atoms with van der Waals surface area (Å²) in [5.41, 5.74) is 8.20. The van der Waals surface area contributed by atoms with Crippen molar-refractivity contribution < 1.29 is 27.9 Å². The summed E-state index contributed by atoms with van der Waals surface area (Å²) in [5, 5.41) is 22.6. The summed E-state index contributed by atoms with van der Waals surface area (Å²) in [6.07, 6.45) is -0.317. The topological polar surface area (TPSA) is 149 Å². The highest BCUT2D eigenvalue weighted by Crippen LogP contribution is 2.23. The lowest BCUT2D eigenvalue weighted by Gasteiger charge is -2.21. The molecule has 0 aliphatic rings. The highest BCUT2D eigenvalue weighted by molar-refractivity contribution is 6.21. The largest absolute Gasteiger partial charge is 0.490 e. The number of nitrogens with one attached hydrogen (secondary N) is 2. The minimum atomic E-state index is -5.08. The van der Waals surface area contributed by atoms with Crippen LogP contribution in [0.5, 0.6) is 0 Å². The van der Waals surface area contributed by atoms with Gasteiger partial charge in [-0.1, -0.05) is 19.4 Å². The number of amides is 1. The third-order valence-electron chi connectivity index (χ3n) is 3.98. The van der Waals surface area contributed by atoms with Crippen molar-refractivity contribution in [3.05, 3.63) is 54.0 Å². The number of fused-ring (bicyclic) bond motifs is 1. The molecule has 0 fully saturated rings. The van der Waals surface area contributed by atoms with Crippen molar-refractivity contribution in [1.29, 1.82) is 5.41 Å². The van der Waals surface area contributed by atoms with Crippen LogP contribution in [0.3, 0.4) is 0 Å². The van der Waals surface area contributed by atoms with Crippen molar-refractivity contribution in [2.24, 2.45) is 5.73 Å². The average molecular weight is 436 g/mol. The zero-order chi connectivity index (χ0) is 23.2. The molecule has 3 aromatic rings. The first kappa shape index (κ1) is 23.3. The molecular weight excluding hydrogens is 417 g/mol. The van der Waals surface area contributed by atoms with Crippen LogP contribution in [0.2, 0.25) is 0 Å². The molecule has 0 spiro atoms. The van der Waals surface area contributed by atoms with Gasteiger partial charge in [-0.3, -0.25) is 20.3 Å². The number of carboxylic acid groups (broad SMARTS) is 1. The molecule has 0 aliphatic carbocycles. The molecule has 31 heavy (non-hydrogen) atoms. The van der Waals surface area contributed by atoms with E-state index in [0.29, 0.717) is 17.7 Å². The number of pyridine rings is 1. The number of rotatable bonds is 4. The Bertz CT molecular complexity index is 1100. The minimum Gasteiger partial charge on any atom is -0.475 e. The van der Waals surface area contributed by atoms with E-state index in [1.54, 1.807) is 24.4 Å². The number of nitrogens with two attached hydrogens (primary N) is 1. The van der Waals surface area contributed by atoms with Crippen molar-refractivity contribution in [3.8, 4) is 0 Å².